The lowest BCUT2D eigenvalue weighted by Crippen LogP contribution is -2.04. The average Bonchev–Trinajstić information content (AvgIpc) is 2.05. The lowest BCUT2D eigenvalue weighted by atomic mass is 10.4. The molecule has 0 aromatic rings. The highest BCUT2D eigenvalue weighted by atomic mass is 35.5. The molecular weight excluding hydrogens is 176 g/mol. The van der Waals surface area contributed by atoms with Crippen LogP contribution < -0.4 is 0 Å². The third kappa shape index (κ3) is 4.81. The van der Waals surface area contributed by atoms with Crippen LogP contribution in [-0.4, -0.2) is 12.6 Å². The maximum atomic E-state index is 10.9. The van der Waals surface area contributed by atoms with Crippen molar-refractivity contribution >= 4 is 17.6 Å². The zero-order chi connectivity index (χ0) is 9.40. The summed E-state index contributed by atoms with van der Waals surface area (Å²) in [5, 5.41) is -0.110. The Kier molecular flexibility index (Phi) is 6.22. The van der Waals surface area contributed by atoms with E-state index < -0.39 is 5.97 Å². The van der Waals surface area contributed by atoms with Gasteiger partial charge in [0.25, 0.3) is 0 Å². The van der Waals surface area contributed by atoms with Gasteiger partial charge in [0.2, 0.25) is 0 Å². The van der Waals surface area contributed by atoms with E-state index in [-0.39, 0.29) is 5.03 Å². The first-order chi connectivity index (χ1) is 5.72. The van der Waals surface area contributed by atoms with Crippen molar-refractivity contribution in [2.24, 2.45) is 0 Å². The Labute approximate surface area is 77.2 Å². The van der Waals surface area contributed by atoms with Crippen molar-refractivity contribution in [3.05, 3.63) is 23.1 Å². The van der Waals surface area contributed by atoms with Crippen LogP contribution in [0.2, 0.25) is 0 Å². The van der Waals surface area contributed by atoms with Crippen molar-refractivity contribution in [1.82, 2.24) is 0 Å². The van der Waals surface area contributed by atoms with E-state index in [1.807, 2.05) is 6.92 Å². The predicted octanol–water partition coefficient (Wildman–Crippen LogP) is 2.39. The molecule has 0 spiro atoms. The van der Waals surface area contributed by atoms with E-state index in [2.05, 4.69) is 18.0 Å². The highest BCUT2D eigenvalue weighted by Crippen LogP contribution is 2.02. The lowest BCUT2D eigenvalue weighted by molar-refractivity contribution is -0.138. The molecule has 2 nitrogen and oxygen atoms in total. The molecule has 0 aromatic heterocycles. The van der Waals surface area contributed by atoms with Crippen LogP contribution in [0, 0.1) is 0 Å². The molecule has 66 valence electrons. The number of carbonyl (C=O) groups is 1. The van der Waals surface area contributed by atoms with E-state index in [1.54, 1.807) is 0 Å². The Bertz CT molecular complexity index is 233. The third-order valence-corrected chi connectivity index (χ3v) is 1.36. The van der Waals surface area contributed by atoms with Gasteiger partial charge in [-0.1, -0.05) is 30.7 Å². The molecule has 0 aliphatic heterocycles. The van der Waals surface area contributed by atoms with Crippen LogP contribution in [0.3, 0.4) is 0 Å². The Morgan fingerprint density at radius 2 is 2.33 bits per heavy atom. The van der Waals surface area contributed by atoms with Gasteiger partial charge < -0.3 is 4.74 Å². The van der Waals surface area contributed by atoms with Crippen LogP contribution in [-0.2, 0) is 9.53 Å². The van der Waals surface area contributed by atoms with Gasteiger partial charge in [-0.25, -0.2) is 4.79 Å². The van der Waals surface area contributed by atoms with E-state index in [9.17, 15) is 4.79 Å². The third-order valence-electron chi connectivity index (χ3n) is 1.11. The highest BCUT2D eigenvalue weighted by Gasteiger charge is 2.05. The summed E-state index contributed by atoms with van der Waals surface area (Å²) >= 11 is 5.44. The summed E-state index contributed by atoms with van der Waals surface area (Å²) in [6.45, 7) is 5.63. The molecule has 0 radical (unpaired) electrons. The average molecular weight is 187 g/mol. The standard InChI is InChI=1S/C9H11ClO2/c1-3-5-7-12-9(11)8(10)6-4-2/h2-3,5,7H2,1H3. The maximum Gasteiger partial charge on any atom is 0.358 e. The van der Waals surface area contributed by atoms with Crippen molar-refractivity contribution in [3.8, 4) is 0 Å². The number of esters is 1. The second kappa shape index (κ2) is 6.75. The van der Waals surface area contributed by atoms with Crippen LogP contribution in [0.4, 0.5) is 0 Å². The van der Waals surface area contributed by atoms with Gasteiger partial charge in [-0.2, -0.15) is 0 Å². The maximum absolute atomic E-state index is 10.9. The Balaban J connectivity index is 3.89. The van der Waals surface area contributed by atoms with Crippen LogP contribution in [0.25, 0.3) is 0 Å². The molecule has 0 saturated heterocycles. The fourth-order valence-corrected chi connectivity index (χ4v) is 0.623. The minimum atomic E-state index is -0.568. The van der Waals surface area contributed by atoms with Crippen LogP contribution >= 0.6 is 11.6 Å². The molecule has 0 aliphatic rings. The van der Waals surface area contributed by atoms with E-state index in [4.69, 9.17) is 16.3 Å². The first kappa shape index (κ1) is 11.1. The summed E-state index contributed by atoms with van der Waals surface area (Å²) in [4.78, 5) is 10.9. The first-order valence-corrected chi connectivity index (χ1v) is 4.07. The molecule has 12 heavy (non-hydrogen) atoms. The van der Waals surface area contributed by atoms with Crippen molar-refractivity contribution in [3.63, 3.8) is 0 Å². The molecule has 0 atom stereocenters. The number of ether oxygens (including phenoxy) is 1. The number of halogens is 1. The molecular formula is C9H11ClO2. The number of rotatable bonds is 4. The summed E-state index contributed by atoms with van der Waals surface area (Å²) in [6, 6.07) is 0. The molecule has 0 aromatic carbocycles. The molecule has 0 heterocycles. The number of hydrogen-bond acceptors (Lipinski definition) is 2. The normalized spacial score (nSPS) is 8.17. The molecule has 0 N–H and O–H groups in total. The van der Waals surface area contributed by atoms with Gasteiger partial charge in [-0.05, 0) is 18.7 Å². The van der Waals surface area contributed by atoms with Gasteiger partial charge in [-0.15, -0.1) is 0 Å². The van der Waals surface area contributed by atoms with Gasteiger partial charge in [0, 0.05) is 0 Å². The first-order valence-electron chi connectivity index (χ1n) is 3.70. The van der Waals surface area contributed by atoms with Crippen molar-refractivity contribution in [1.29, 1.82) is 0 Å². The largest absolute Gasteiger partial charge is 0.461 e. The number of unbranched alkanes of at least 4 members (excludes halogenated alkanes) is 1. The highest BCUT2D eigenvalue weighted by molar-refractivity contribution is 6.41. The summed E-state index contributed by atoms with van der Waals surface area (Å²) in [7, 11) is 0. The molecule has 3 heteroatoms. The Hall–Kier alpha value is -0.940. The zero-order valence-electron chi connectivity index (χ0n) is 7.02. The second-order valence-corrected chi connectivity index (χ2v) is 2.48. The van der Waals surface area contributed by atoms with Crippen molar-refractivity contribution in [2.75, 3.05) is 6.61 Å². The molecule has 0 amide bonds. The van der Waals surface area contributed by atoms with Crippen molar-refractivity contribution in [2.45, 2.75) is 19.8 Å². The lowest BCUT2D eigenvalue weighted by Gasteiger charge is -1.99. The molecule has 0 bridgehead atoms. The van der Waals surface area contributed by atoms with E-state index >= 15 is 0 Å². The van der Waals surface area contributed by atoms with Crippen LogP contribution in [0.1, 0.15) is 19.8 Å². The molecule has 0 fully saturated rings. The monoisotopic (exact) mass is 186 g/mol. The molecule has 0 unspecified atom stereocenters. The zero-order valence-corrected chi connectivity index (χ0v) is 7.78. The van der Waals surface area contributed by atoms with Gasteiger partial charge in [-0.3, -0.25) is 0 Å². The summed E-state index contributed by atoms with van der Waals surface area (Å²) in [6.07, 6.45) is 1.82. The fraction of sp³-hybridized carbons (Fsp3) is 0.444. The van der Waals surface area contributed by atoms with Crippen LogP contribution in [0.15, 0.2) is 23.1 Å². The SMILES string of the molecule is C=C=C=C(Cl)C(=O)OCCCC. The quantitative estimate of drug-likeness (QED) is 0.292. The van der Waals surface area contributed by atoms with E-state index in [1.165, 1.54) is 0 Å². The minimum absolute atomic E-state index is 0.110. The minimum Gasteiger partial charge on any atom is -0.461 e. The second-order valence-electron chi connectivity index (χ2n) is 2.11. The number of carbonyl (C=O) groups excluding carboxylic acids is 1. The van der Waals surface area contributed by atoms with Crippen molar-refractivity contribution < 1.29 is 9.53 Å². The van der Waals surface area contributed by atoms with E-state index in [0.29, 0.717) is 6.61 Å². The van der Waals surface area contributed by atoms with Gasteiger partial charge in [0.1, 0.15) is 0 Å². The van der Waals surface area contributed by atoms with Crippen LogP contribution in [0.5, 0.6) is 0 Å². The van der Waals surface area contributed by atoms with Gasteiger partial charge in [0.15, 0.2) is 5.03 Å². The smallest absolute Gasteiger partial charge is 0.358 e. The molecule has 0 aliphatic carbocycles. The Morgan fingerprint density at radius 1 is 1.67 bits per heavy atom. The van der Waals surface area contributed by atoms with Gasteiger partial charge in [0.05, 0.1) is 6.61 Å². The molecule has 0 rings (SSSR count). The summed E-state index contributed by atoms with van der Waals surface area (Å²) in [5.41, 5.74) is 4.59. The van der Waals surface area contributed by atoms with E-state index in [0.717, 1.165) is 12.8 Å². The molecule has 0 saturated carbocycles. The summed E-state index contributed by atoms with van der Waals surface area (Å²) < 4.78 is 4.76. The topological polar surface area (TPSA) is 26.3 Å². The fourth-order valence-electron chi connectivity index (χ4n) is 0.501. The predicted molar refractivity (Wildman–Crippen MR) is 47.9 cm³/mol. The number of hydrogen-bond donors (Lipinski definition) is 0. The summed E-state index contributed by atoms with van der Waals surface area (Å²) in [5.74, 6) is -0.568. The van der Waals surface area contributed by atoms with Gasteiger partial charge >= 0.3 is 5.97 Å². The Morgan fingerprint density at radius 3 is 2.83 bits per heavy atom.